The molecule has 0 aliphatic carbocycles. The fourth-order valence-corrected chi connectivity index (χ4v) is 1.68. The van der Waals surface area contributed by atoms with Crippen molar-refractivity contribution in [2.75, 3.05) is 13.2 Å². The number of carbonyl (C=O) groups excluding carboxylic acids is 1. The maximum atomic E-state index is 12.0. The summed E-state index contributed by atoms with van der Waals surface area (Å²) in [4.78, 5) is 12.0. The summed E-state index contributed by atoms with van der Waals surface area (Å²) in [6.07, 6.45) is 0. The van der Waals surface area contributed by atoms with Crippen molar-refractivity contribution in [3.63, 3.8) is 0 Å². The van der Waals surface area contributed by atoms with Gasteiger partial charge in [0.1, 0.15) is 0 Å². The molecule has 0 atom stereocenters. The Balaban J connectivity index is 2.60. The first kappa shape index (κ1) is 14.7. The second kappa shape index (κ2) is 6.52. The number of benzene rings is 1. The first-order valence-electron chi connectivity index (χ1n) is 6.19. The Hall–Kier alpha value is -1.39. The SMILES string of the molecule is CCOC(C)(C)CNC(=O)c1cccc(CN)c1. The molecule has 0 aliphatic rings. The van der Waals surface area contributed by atoms with Gasteiger partial charge in [0.2, 0.25) is 0 Å². The summed E-state index contributed by atoms with van der Waals surface area (Å²) in [6.45, 7) is 7.39. The molecule has 1 amide bonds. The minimum atomic E-state index is -0.351. The number of rotatable bonds is 6. The molecule has 1 rings (SSSR count). The van der Waals surface area contributed by atoms with Gasteiger partial charge >= 0.3 is 0 Å². The van der Waals surface area contributed by atoms with Crippen molar-refractivity contribution in [2.45, 2.75) is 32.9 Å². The van der Waals surface area contributed by atoms with E-state index in [4.69, 9.17) is 10.5 Å². The van der Waals surface area contributed by atoms with Crippen molar-refractivity contribution in [1.29, 1.82) is 0 Å². The number of ether oxygens (including phenoxy) is 1. The fourth-order valence-electron chi connectivity index (χ4n) is 1.68. The van der Waals surface area contributed by atoms with Gasteiger partial charge in [-0.3, -0.25) is 4.79 Å². The highest BCUT2D eigenvalue weighted by Gasteiger charge is 2.18. The first-order valence-corrected chi connectivity index (χ1v) is 6.19. The van der Waals surface area contributed by atoms with Crippen LogP contribution >= 0.6 is 0 Å². The molecule has 0 aliphatic heterocycles. The highest BCUT2D eigenvalue weighted by Crippen LogP contribution is 2.08. The standard InChI is InChI=1S/C14H22N2O2/c1-4-18-14(2,3)10-16-13(17)12-7-5-6-11(8-12)9-15/h5-8H,4,9-10,15H2,1-3H3,(H,16,17). The monoisotopic (exact) mass is 250 g/mol. The van der Waals surface area contributed by atoms with Gasteiger partial charge in [-0.1, -0.05) is 12.1 Å². The van der Waals surface area contributed by atoms with Crippen LogP contribution in [0, 0.1) is 0 Å². The van der Waals surface area contributed by atoms with E-state index >= 15 is 0 Å². The van der Waals surface area contributed by atoms with Crippen LogP contribution in [0.4, 0.5) is 0 Å². The Morgan fingerprint density at radius 2 is 2.17 bits per heavy atom. The van der Waals surface area contributed by atoms with Gasteiger partial charge in [0.05, 0.1) is 5.60 Å². The van der Waals surface area contributed by atoms with E-state index in [0.717, 1.165) is 5.56 Å². The molecule has 0 unspecified atom stereocenters. The molecule has 0 heterocycles. The third kappa shape index (κ3) is 4.47. The summed E-state index contributed by atoms with van der Waals surface area (Å²) in [5.74, 6) is -0.0990. The first-order chi connectivity index (χ1) is 8.48. The van der Waals surface area contributed by atoms with E-state index in [1.165, 1.54) is 0 Å². The van der Waals surface area contributed by atoms with Crippen molar-refractivity contribution >= 4 is 5.91 Å². The van der Waals surface area contributed by atoms with Gasteiger partial charge in [0.15, 0.2) is 0 Å². The third-order valence-corrected chi connectivity index (χ3v) is 2.63. The summed E-state index contributed by atoms with van der Waals surface area (Å²) in [5, 5.41) is 2.87. The van der Waals surface area contributed by atoms with E-state index in [1.807, 2.05) is 39.0 Å². The Morgan fingerprint density at radius 1 is 1.44 bits per heavy atom. The van der Waals surface area contributed by atoms with Crippen molar-refractivity contribution in [1.82, 2.24) is 5.32 Å². The summed E-state index contributed by atoms with van der Waals surface area (Å²) in [6, 6.07) is 7.33. The van der Waals surface area contributed by atoms with Crippen LogP contribution in [0.25, 0.3) is 0 Å². The van der Waals surface area contributed by atoms with Gasteiger partial charge in [-0.25, -0.2) is 0 Å². The molecule has 0 saturated heterocycles. The van der Waals surface area contributed by atoms with Crippen LogP contribution in [0.15, 0.2) is 24.3 Å². The Labute approximate surface area is 109 Å². The normalized spacial score (nSPS) is 11.3. The van der Waals surface area contributed by atoms with Gasteiger partial charge in [0.25, 0.3) is 5.91 Å². The second-order valence-electron chi connectivity index (χ2n) is 4.78. The van der Waals surface area contributed by atoms with Crippen LogP contribution in [-0.4, -0.2) is 24.7 Å². The summed E-state index contributed by atoms with van der Waals surface area (Å²) < 4.78 is 5.53. The molecule has 0 radical (unpaired) electrons. The minimum Gasteiger partial charge on any atom is -0.374 e. The van der Waals surface area contributed by atoms with Crippen LogP contribution in [0.2, 0.25) is 0 Å². The van der Waals surface area contributed by atoms with E-state index in [-0.39, 0.29) is 11.5 Å². The lowest BCUT2D eigenvalue weighted by Gasteiger charge is -2.24. The molecule has 0 saturated carbocycles. The van der Waals surface area contributed by atoms with Crippen molar-refractivity contribution < 1.29 is 9.53 Å². The largest absolute Gasteiger partial charge is 0.374 e. The average molecular weight is 250 g/mol. The molecule has 0 aromatic heterocycles. The Morgan fingerprint density at radius 3 is 2.78 bits per heavy atom. The number of hydrogen-bond donors (Lipinski definition) is 2. The smallest absolute Gasteiger partial charge is 0.251 e. The number of nitrogens with two attached hydrogens (primary N) is 1. The molecule has 1 aromatic carbocycles. The Kier molecular flexibility index (Phi) is 5.31. The quantitative estimate of drug-likeness (QED) is 0.807. The van der Waals surface area contributed by atoms with Gasteiger partial charge in [0, 0.05) is 25.3 Å². The second-order valence-corrected chi connectivity index (χ2v) is 4.78. The van der Waals surface area contributed by atoms with Gasteiger partial charge in [-0.05, 0) is 38.5 Å². The highest BCUT2D eigenvalue weighted by molar-refractivity contribution is 5.94. The number of carbonyl (C=O) groups is 1. The number of hydrogen-bond acceptors (Lipinski definition) is 3. The maximum Gasteiger partial charge on any atom is 0.251 e. The molecule has 0 spiro atoms. The average Bonchev–Trinajstić information content (AvgIpc) is 2.36. The summed E-state index contributed by atoms with van der Waals surface area (Å²) in [7, 11) is 0. The molecule has 1 aromatic rings. The predicted octanol–water partition coefficient (Wildman–Crippen LogP) is 1.69. The van der Waals surface area contributed by atoms with Crippen LogP contribution in [0.3, 0.4) is 0 Å². The molecule has 3 N–H and O–H groups in total. The lowest BCUT2D eigenvalue weighted by atomic mass is 10.1. The molecule has 0 bridgehead atoms. The van der Waals surface area contributed by atoms with E-state index in [9.17, 15) is 4.79 Å². The predicted molar refractivity (Wildman–Crippen MR) is 72.4 cm³/mol. The van der Waals surface area contributed by atoms with Crippen LogP contribution in [-0.2, 0) is 11.3 Å². The summed E-state index contributed by atoms with van der Waals surface area (Å²) >= 11 is 0. The highest BCUT2D eigenvalue weighted by atomic mass is 16.5. The van der Waals surface area contributed by atoms with Crippen LogP contribution in [0.1, 0.15) is 36.7 Å². The van der Waals surface area contributed by atoms with Gasteiger partial charge < -0.3 is 15.8 Å². The molecule has 4 heteroatoms. The lowest BCUT2D eigenvalue weighted by molar-refractivity contribution is -0.00815. The van der Waals surface area contributed by atoms with Crippen molar-refractivity contribution in [3.8, 4) is 0 Å². The maximum absolute atomic E-state index is 12.0. The van der Waals surface area contributed by atoms with E-state index in [1.54, 1.807) is 6.07 Å². The van der Waals surface area contributed by atoms with E-state index < -0.39 is 0 Å². The fraction of sp³-hybridized carbons (Fsp3) is 0.500. The van der Waals surface area contributed by atoms with Crippen molar-refractivity contribution in [3.05, 3.63) is 35.4 Å². The minimum absolute atomic E-state index is 0.0990. The summed E-state index contributed by atoms with van der Waals surface area (Å²) in [5.41, 5.74) is 6.78. The molecule has 18 heavy (non-hydrogen) atoms. The van der Waals surface area contributed by atoms with Crippen LogP contribution in [0.5, 0.6) is 0 Å². The zero-order valence-corrected chi connectivity index (χ0v) is 11.3. The zero-order chi connectivity index (χ0) is 13.6. The zero-order valence-electron chi connectivity index (χ0n) is 11.3. The Bertz CT molecular complexity index is 403. The number of nitrogens with one attached hydrogen (secondary N) is 1. The molecular weight excluding hydrogens is 228 g/mol. The molecular formula is C14H22N2O2. The molecule has 100 valence electrons. The van der Waals surface area contributed by atoms with Crippen LogP contribution < -0.4 is 11.1 Å². The topological polar surface area (TPSA) is 64.3 Å². The number of amides is 1. The van der Waals surface area contributed by atoms with Gasteiger partial charge in [-0.15, -0.1) is 0 Å². The van der Waals surface area contributed by atoms with E-state index in [2.05, 4.69) is 5.32 Å². The lowest BCUT2D eigenvalue weighted by Crippen LogP contribution is -2.40. The van der Waals surface area contributed by atoms with Crippen molar-refractivity contribution in [2.24, 2.45) is 5.73 Å². The molecule has 0 fully saturated rings. The van der Waals surface area contributed by atoms with Gasteiger partial charge in [-0.2, -0.15) is 0 Å². The molecule has 4 nitrogen and oxygen atoms in total. The third-order valence-electron chi connectivity index (χ3n) is 2.63. The van der Waals surface area contributed by atoms with E-state index in [0.29, 0.717) is 25.3 Å².